The fourth-order valence-corrected chi connectivity index (χ4v) is 2.12. The van der Waals surface area contributed by atoms with E-state index in [9.17, 15) is 0 Å². The van der Waals surface area contributed by atoms with E-state index in [1.807, 2.05) is 6.07 Å². The number of nitrogens with zero attached hydrogens (tertiary/aromatic N) is 2. The number of aromatic nitrogens is 2. The van der Waals surface area contributed by atoms with Gasteiger partial charge in [-0.15, -0.1) is 23.4 Å². The van der Waals surface area contributed by atoms with Crippen LogP contribution in [0.5, 0.6) is 0 Å². The third kappa shape index (κ3) is 5.45. The van der Waals surface area contributed by atoms with Crippen LogP contribution in [0.25, 0.3) is 0 Å². The van der Waals surface area contributed by atoms with E-state index >= 15 is 0 Å². The summed E-state index contributed by atoms with van der Waals surface area (Å²) in [6.45, 7) is 0. The number of alkyl halides is 1. The fourth-order valence-electron chi connectivity index (χ4n) is 1.09. The van der Waals surface area contributed by atoms with Gasteiger partial charge in [-0.05, 0) is 24.7 Å². The van der Waals surface area contributed by atoms with Crippen molar-refractivity contribution in [3.63, 3.8) is 0 Å². The van der Waals surface area contributed by atoms with E-state index in [2.05, 4.69) is 9.97 Å². The molecule has 0 atom stereocenters. The van der Waals surface area contributed by atoms with Crippen molar-refractivity contribution in [2.75, 3.05) is 11.6 Å². The summed E-state index contributed by atoms with van der Waals surface area (Å²) < 4.78 is 0. The summed E-state index contributed by atoms with van der Waals surface area (Å²) in [6, 6.07) is 1.95. The molecule has 0 amide bonds. The molecule has 1 aromatic heterocycles. The van der Waals surface area contributed by atoms with Crippen LogP contribution in [0.1, 0.15) is 25.7 Å². The molecule has 1 aromatic rings. The van der Waals surface area contributed by atoms with E-state index in [4.69, 9.17) is 11.6 Å². The maximum Gasteiger partial charge on any atom is 0.116 e. The van der Waals surface area contributed by atoms with Crippen LogP contribution in [-0.4, -0.2) is 21.6 Å². The van der Waals surface area contributed by atoms with Crippen molar-refractivity contribution in [1.82, 2.24) is 9.97 Å². The number of unbranched alkanes of at least 4 members (excludes halogenated alkanes) is 3. The SMILES string of the molecule is ClCCCCCCSc1ccncn1. The summed E-state index contributed by atoms with van der Waals surface area (Å²) in [5.74, 6) is 1.93. The Hall–Kier alpha value is -0.280. The molecule has 0 spiro atoms. The van der Waals surface area contributed by atoms with Crippen LogP contribution >= 0.6 is 23.4 Å². The normalized spacial score (nSPS) is 10.4. The zero-order valence-corrected chi connectivity index (χ0v) is 9.73. The average molecular weight is 231 g/mol. The van der Waals surface area contributed by atoms with E-state index in [1.165, 1.54) is 19.3 Å². The predicted molar refractivity (Wildman–Crippen MR) is 61.9 cm³/mol. The average Bonchev–Trinajstić information content (AvgIpc) is 2.25. The minimum absolute atomic E-state index is 0.791. The molecule has 0 saturated carbocycles. The second kappa shape index (κ2) is 8.06. The van der Waals surface area contributed by atoms with Crippen molar-refractivity contribution in [1.29, 1.82) is 0 Å². The second-order valence-corrected chi connectivity index (χ2v) is 4.49. The third-order valence-corrected chi connectivity index (χ3v) is 3.13. The Labute approximate surface area is 94.5 Å². The van der Waals surface area contributed by atoms with Gasteiger partial charge in [0.1, 0.15) is 6.33 Å². The molecular formula is C10H15ClN2S. The van der Waals surface area contributed by atoms with Gasteiger partial charge in [0.15, 0.2) is 0 Å². The lowest BCUT2D eigenvalue weighted by atomic mass is 10.2. The van der Waals surface area contributed by atoms with Gasteiger partial charge >= 0.3 is 0 Å². The van der Waals surface area contributed by atoms with Gasteiger partial charge in [-0.3, -0.25) is 0 Å². The molecule has 1 rings (SSSR count). The standard InChI is InChI=1S/C10H15ClN2S/c11-6-3-1-2-4-8-14-10-5-7-12-9-13-10/h5,7,9H,1-4,6,8H2. The van der Waals surface area contributed by atoms with Crippen molar-refractivity contribution in [2.45, 2.75) is 30.7 Å². The number of rotatable bonds is 7. The van der Waals surface area contributed by atoms with E-state index in [1.54, 1.807) is 24.3 Å². The molecule has 0 aromatic carbocycles. The summed E-state index contributed by atoms with van der Waals surface area (Å²) in [5, 5.41) is 1.07. The van der Waals surface area contributed by atoms with Crippen LogP contribution in [0.2, 0.25) is 0 Å². The van der Waals surface area contributed by atoms with Crippen LogP contribution in [0.3, 0.4) is 0 Å². The van der Waals surface area contributed by atoms with Gasteiger partial charge in [-0.1, -0.05) is 12.8 Å². The summed E-state index contributed by atoms with van der Waals surface area (Å²) in [6.07, 6.45) is 8.27. The molecule has 0 unspecified atom stereocenters. The molecule has 1 heterocycles. The van der Waals surface area contributed by atoms with E-state index in [0.29, 0.717) is 0 Å². The summed E-state index contributed by atoms with van der Waals surface area (Å²) in [4.78, 5) is 8.02. The molecule has 14 heavy (non-hydrogen) atoms. The molecule has 0 aliphatic rings. The monoisotopic (exact) mass is 230 g/mol. The minimum atomic E-state index is 0.791. The first-order valence-electron chi connectivity index (χ1n) is 4.88. The van der Waals surface area contributed by atoms with Gasteiger partial charge in [0.05, 0.1) is 5.03 Å². The Bertz CT molecular complexity index is 231. The highest BCUT2D eigenvalue weighted by Crippen LogP contribution is 2.16. The van der Waals surface area contributed by atoms with Crippen LogP contribution in [-0.2, 0) is 0 Å². The zero-order chi connectivity index (χ0) is 10.1. The maximum atomic E-state index is 5.59. The van der Waals surface area contributed by atoms with Gasteiger partial charge in [-0.25, -0.2) is 9.97 Å². The second-order valence-electron chi connectivity index (χ2n) is 3.00. The Kier molecular flexibility index (Phi) is 6.79. The first-order valence-corrected chi connectivity index (χ1v) is 6.40. The molecular weight excluding hydrogens is 216 g/mol. The largest absolute Gasteiger partial charge is 0.245 e. The van der Waals surface area contributed by atoms with Crippen LogP contribution in [0.4, 0.5) is 0 Å². The molecule has 0 bridgehead atoms. The van der Waals surface area contributed by atoms with Crippen LogP contribution in [0, 0.1) is 0 Å². The van der Waals surface area contributed by atoms with Crippen LogP contribution < -0.4 is 0 Å². The maximum absolute atomic E-state index is 5.59. The number of halogens is 1. The summed E-state index contributed by atoms with van der Waals surface area (Å²) in [5.41, 5.74) is 0. The third-order valence-electron chi connectivity index (χ3n) is 1.83. The predicted octanol–water partition coefficient (Wildman–Crippen LogP) is 3.37. The highest BCUT2D eigenvalue weighted by Gasteiger charge is 1.94. The molecule has 0 saturated heterocycles. The van der Waals surface area contributed by atoms with E-state index in [-0.39, 0.29) is 0 Å². The Balaban J connectivity index is 1.99. The van der Waals surface area contributed by atoms with Crippen LogP contribution in [0.15, 0.2) is 23.6 Å². The first kappa shape index (κ1) is 11.8. The smallest absolute Gasteiger partial charge is 0.116 e. The molecule has 4 heteroatoms. The minimum Gasteiger partial charge on any atom is -0.245 e. The molecule has 0 aliphatic carbocycles. The topological polar surface area (TPSA) is 25.8 Å². The van der Waals surface area contributed by atoms with Gasteiger partial charge in [0, 0.05) is 12.1 Å². The van der Waals surface area contributed by atoms with Crippen molar-refractivity contribution >= 4 is 23.4 Å². The number of hydrogen-bond donors (Lipinski definition) is 0. The molecule has 78 valence electrons. The molecule has 0 N–H and O–H groups in total. The quantitative estimate of drug-likeness (QED) is 0.311. The van der Waals surface area contributed by atoms with Gasteiger partial charge in [0.2, 0.25) is 0 Å². The molecule has 0 fully saturated rings. The lowest BCUT2D eigenvalue weighted by molar-refractivity contribution is 0.709. The molecule has 0 aliphatic heterocycles. The first-order chi connectivity index (χ1) is 6.93. The van der Waals surface area contributed by atoms with Gasteiger partial charge < -0.3 is 0 Å². The number of hydrogen-bond acceptors (Lipinski definition) is 3. The summed E-state index contributed by atoms with van der Waals surface area (Å²) in [7, 11) is 0. The highest BCUT2D eigenvalue weighted by atomic mass is 35.5. The van der Waals surface area contributed by atoms with Crippen molar-refractivity contribution in [2.24, 2.45) is 0 Å². The lowest BCUT2D eigenvalue weighted by Crippen LogP contribution is -1.85. The lowest BCUT2D eigenvalue weighted by Gasteiger charge is -1.99. The Morgan fingerprint density at radius 3 is 2.79 bits per heavy atom. The van der Waals surface area contributed by atoms with E-state index in [0.717, 1.165) is 23.1 Å². The molecule has 0 radical (unpaired) electrons. The van der Waals surface area contributed by atoms with Gasteiger partial charge in [0.25, 0.3) is 0 Å². The zero-order valence-electron chi connectivity index (χ0n) is 8.16. The van der Waals surface area contributed by atoms with Crippen molar-refractivity contribution < 1.29 is 0 Å². The van der Waals surface area contributed by atoms with Crippen molar-refractivity contribution in [3.8, 4) is 0 Å². The summed E-state index contributed by atoms with van der Waals surface area (Å²) >= 11 is 7.38. The van der Waals surface area contributed by atoms with Gasteiger partial charge in [-0.2, -0.15) is 0 Å². The molecule has 2 nitrogen and oxygen atoms in total. The Morgan fingerprint density at radius 1 is 1.21 bits per heavy atom. The highest BCUT2D eigenvalue weighted by molar-refractivity contribution is 7.99. The Morgan fingerprint density at radius 2 is 2.07 bits per heavy atom. The van der Waals surface area contributed by atoms with E-state index < -0.39 is 0 Å². The van der Waals surface area contributed by atoms with Crippen molar-refractivity contribution in [3.05, 3.63) is 18.6 Å². The fraction of sp³-hybridized carbons (Fsp3) is 0.600. The number of thioether (sulfide) groups is 1.